The van der Waals surface area contributed by atoms with Gasteiger partial charge in [0.1, 0.15) is 22.9 Å². The first-order valence-electron chi connectivity index (χ1n) is 16.8. The van der Waals surface area contributed by atoms with Crippen LogP contribution < -0.4 is 15.0 Å². The maximum Gasteiger partial charge on any atom is 0.319 e. The maximum absolute atomic E-state index is 17.0. The van der Waals surface area contributed by atoms with E-state index in [0.717, 1.165) is 32.2 Å². The fraction of sp³-hybridized carbons (Fsp3) is 0.444. The van der Waals surface area contributed by atoms with E-state index in [1.54, 1.807) is 13.1 Å². The minimum absolute atomic E-state index is 0.00702. The molecule has 4 unspecified atom stereocenters. The highest BCUT2D eigenvalue weighted by Gasteiger charge is 2.41. The van der Waals surface area contributed by atoms with Crippen LogP contribution in [0.25, 0.3) is 32.8 Å². The van der Waals surface area contributed by atoms with Crippen LogP contribution in [0.4, 0.5) is 14.6 Å². The zero-order valence-electron chi connectivity index (χ0n) is 27.1. The summed E-state index contributed by atoms with van der Waals surface area (Å²) in [7, 11) is -0.465. The summed E-state index contributed by atoms with van der Waals surface area (Å²) >= 11 is 6.87. The van der Waals surface area contributed by atoms with Crippen molar-refractivity contribution in [1.29, 1.82) is 0 Å². The van der Waals surface area contributed by atoms with Crippen molar-refractivity contribution in [2.75, 3.05) is 49.7 Å². The summed E-state index contributed by atoms with van der Waals surface area (Å²) in [6.45, 7) is 2.47. The second-order valence-corrected chi connectivity index (χ2v) is 16.6. The molecule has 5 heterocycles. The number of hydrogen-bond donors (Lipinski definition) is 2. The fourth-order valence-electron chi connectivity index (χ4n) is 8.41. The average molecular weight is 707 g/mol. The number of ether oxygens (including phenoxy) is 1. The van der Waals surface area contributed by atoms with Gasteiger partial charge in [0, 0.05) is 88.4 Å². The Labute approximate surface area is 289 Å². The molecule has 0 amide bonds. The quantitative estimate of drug-likeness (QED) is 0.186. The summed E-state index contributed by atoms with van der Waals surface area (Å²) < 4.78 is 55.3. The second kappa shape index (κ2) is 12.5. The molecule has 0 aliphatic carbocycles. The Morgan fingerprint density at radius 2 is 1.86 bits per heavy atom. The predicted octanol–water partition coefficient (Wildman–Crippen LogP) is 5.72. The Bertz CT molecular complexity index is 2140. The number of rotatable bonds is 7. The van der Waals surface area contributed by atoms with Crippen molar-refractivity contribution in [3.63, 3.8) is 0 Å². The summed E-state index contributed by atoms with van der Waals surface area (Å²) in [6.07, 6.45) is 10.5. The van der Waals surface area contributed by atoms with E-state index in [2.05, 4.69) is 30.4 Å². The molecule has 4 aliphatic heterocycles. The molecule has 49 heavy (non-hydrogen) atoms. The van der Waals surface area contributed by atoms with Gasteiger partial charge in [0.05, 0.1) is 17.2 Å². The molecule has 0 spiro atoms. The lowest BCUT2D eigenvalue weighted by molar-refractivity contribution is 0.185. The smallest absolute Gasteiger partial charge is 0.319 e. The van der Waals surface area contributed by atoms with E-state index < -0.39 is 21.4 Å². The lowest BCUT2D eigenvalue weighted by Gasteiger charge is -2.36. The summed E-state index contributed by atoms with van der Waals surface area (Å²) in [6, 6.07) is 8.28. The van der Waals surface area contributed by atoms with Crippen LogP contribution in [0.15, 0.2) is 34.7 Å². The first-order chi connectivity index (χ1) is 23.6. The molecule has 4 aromatic rings. The lowest BCUT2D eigenvalue weighted by Crippen LogP contribution is -2.51. The summed E-state index contributed by atoms with van der Waals surface area (Å²) in [5.41, 5.74) is 0.0581. The Balaban J connectivity index is 1.17. The van der Waals surface area contributed by atoms with E-state index in [-0.39, 0.29) is 56.5 Å². The topological polar surface area (TPSA) is 103 Å². The van der Waals surface area contributed by atoms with Crippen molar-refractivity contribution in [1.82, 2.24) is 20.2 Å². The van der Waals surface area contributed by atoms with Gasteiger partial charge in [-0.1, -0.05) is 23.6 Å². The molecule has 4 fully saturated rings. The van der Waals surface area contributed by atoms with Crippen molar-refractivity contribution < 1.29 is 22.8 Å². The van der Waals surface area contributed by atoms with Gasteiger partial charge in [-0.3, -0.25) is 4.90 Å². The molecule has 13 heteroatoms. The maximum atomic E-state index is 17.0. The lowest BCUT2D eigenvalue weighted by atomic mass is 9.93. The zero-order valence-corrected chi connectivity index (χ0v) is 28.7. The number of benzene rings is 3. The van der Waals surface area contributed by atoms with Gasteiger partial charge in [0.15, 0.2) is 5.82 Å². The number of fused-ring (bicyclic) bond motifs is 6. The molecule has 4 aliphatic rings. The monoisotopic (exact) mass is 706 g/mol. The van der Waals surface area contributed by atoms with Crippen LogP contribution >= 0.6 is 11.6 Å². The predicted molar refractivity (Wildman–Crippen MR) is 189 cm³/mol. The number of aromatic nitrogens is 2. The zero-order chi connectivity index (χ0) is 34.0. The number of phenols is 1. The van der Waals surface area contributed by atoms with E-state index >= 15 is 4.39 Å². The molecule has 4 bridgehead atoms. The first kappa shape index (κ1) is 32.4. The van der Waals surface area contributed by atoms with Crippen molar-refractivity contribution in [3.8, 4) is 35.2 Å². The SMILES string of the molecule is C#Cc1c(F)ccc2cc(O)cc(-c3c(Cl)cc4c(N5CC6CCC(C5)N6)nc(OCCCN5C6CCC5CS(=O)(=NC)C6)nc4c3F)c12. The van der Waals surface area contributed by atoms with Crippen molar-refractivity contribution in [3.05, 3.63) is 52.6 Å². The van der Waals surface area contributed by atoms with Gasteiger partial charge in [0.25, 0.3) is 0 Å². The van der Waals surface area contributed by atoms with Gasteiger partial charge in [-0.05, 0) is 67.3 Å². The number of piperazine rings is 1. The Morgan fingerprint density at radius 3 is 2.55 bits per heavy atom. The standard InChI is InChI=1S/C36H37ClF2N6O3S/c1-3-26-30(38)10-5-20-13-25(46)14-27(31(20)26)32-29(37)15-28-34(33(32)39)42-36(43-35(28)44-16-21-6-7-22(17-44)41-21)48-12-4-11-45-23-8-9-24(45)19-49(47,18-23)40-2/h1,5,10,13-15,21-24,41,46H,4,6-9,11-12,16-19H2,2H3. The number of nitrogens with one attached hydrogen (secondary N) is 1. The Morgan fingerprint density at radius 1 is 1.12 bits per heavy atom. The third-order valence-corrected chi connectivity index (χ3v) is 13.4. The molecule has 4 saturated heterocycles. The van der Waals surface area contributed by atoms with Gasteiger partial charge < -0.3 is 20.1 Å². The highest BCUT2D eigenvalue weighted by molar-refractivity contribution is 7.93. The van der Waals surface area contributed by atoms with E-state index in [0.29, 0.717) is 66.3 Å². The number of halogens is 3. The van der Waals surface area contributed by atoms with Crippen molar-refractivity contribution >= 4 is 48.8 Å². The molecule has 1 aromatic heterocycles. The Hall–Kier alpha value is -3.76. The van der Waals surface area contributed by atoms with E-state index in [9.17, 15) is 13.7 Å². The number of aromatic hydroxyl groups is 1. The largest absolute Gasteiger partial charge is 0.508 e. The van der Waals surface area contributed by atoms with Crippen LogP contribution in [-0.4, -0.2) is 93.1 Å². The summed E-state index contributed by atoms with van der Waals surface area (Å²) in [4.78, 5) is 14.0. The number of anilines is 1. The normalized spacial score (nSPS) is 26.4. The van der Waals surface area contributed by atoms with Gasteiger partial charge in [0.2, 0.25) is 0 Å². The molecule has 4 atom stereocenters. The molecule has 2 N–H and O–H groups in total. The molecular formula is C36H37ClF2N6O3S. The van der Waals surface area contributed by atoms with E-state index in [1.807, 2.05) is 0 Å². The minimum atomic E-state index is -2.13. The third-order valence-electron chi connectivity index (χ3n) is 10.6. The van der Waals surface area contributed by atoms with E-state index in [1.165, 1.54) is 24.3 Å². The van der Waals surface area contributed by atoms with Crippen LogP contribution in [0.3, 0.4) is 0 Å². The minimum Gasteiger partial charge on any atom is -0.508 e. The van der Waals surface area contributed by atoms with Crippen LogP contribution in [0.5, 0.6) is 11.8 Å². The van der Waals surface area contributed by atoms with Crippen molar-refractivity contribution in [2.24, 2.45) is 4.36 Å². The van der Waals surface area contributed by atoms with Gasteiger partial charge >= 0.3 is 6.01 Å². The molecular weight excluding hydrogens is 670 g/mol. The summed E-state index contributed by atoms with van der Waals surface area (Å²) in [5, 5.41) is 15.4. The fourth-order valence-corrected chi connectivity index (χ4v) is 11.1. The average Bonchev–Trinajstić information content (AvgIpc) is 3.55. The molecule has 8 rings (SSSR count). The number of nitrogens with zero attached hydrogens (tertiary/aromatic N) is 5. The molecule has 9 nitrogen and oxygen atoms in total. The second-order valence-electron chi connectivity index (χ2n) is 13.6. The van der Waals surface area contributed by atoms with E-state index in [4.69, 9.17) is 27.7 Å². The van der Waals surface area contributed by atoms with Gasteiger partial charge in [-0.15, -0.1) is 6.42 Å². The van der Waals surface area contributed by atoms with Crippen LogP contribution in [0, 0.1) is 24.0 Å². The highest BCUT2D eigenvalue weighted by atomic mass is 35.5. The summed E-state index contributed by atoms with van der Waals surface area (Å²) in [5.74, 6) is 2.61. The van der Waals surface area contributed by atoms with Gasteiger partial charge in [-0.2, -0.15) is 9.97 Å². The van der Waals surface area contributed by atoms with Crippen LogP contribution in [0.1, 0.15) is 37.7 Å². The number of terminal acetylenes is 1. The highest BCUT2D eigenvalue weighted by Crippen LogP contribution is 2.44. The third kappa shape index (κ3) is 5.74. The molecule has 3 aromatic carbocycles. The van der Waals surface area contributed by atoms with Gasteiger partial charge in [-0.25, -0.2) is 17.4 Å². The van der Waals surface area contributed by atoms with Crippen LogP contribution in [0.2, 0.25) is 5.02 Å². The molecule has 0 saturated carbocycles. The van der Waals surface area contributed by atoms with Crippen LogP contribution in [-0.2, 0) is 9.73 Å². The Kier molecular flexibility index (Phi) is 8.30. The first-order valence-corrected chi connectivity index (χ1v) is 19.0. The van der Waals surface area contributed by atoms with Crippen molar-refractivity contribution in [2.45, 2.75) is 56.3 Å². The molecule has 256 valence electrons. The number of hydrogen-bond acceptors (Lipinski definition) is 9. The molecule has 0 radical (unpaired) electrons. The number of phenolic OH excluding ortho intramolecular Hbond substituents is 1.